The Balaban J connectivity index is 0.00000144. The van der Waals surface area contributed by atoms with Crippen molar-refractivity contribution in [2.45, 2.75) is 0 Å². The molecule has 7 heteroatoms. The molecule has 1 aromatic heterocycles. The zero-order valence-electron chi connectivity index (χ0n) is 11.1. The number of halogens is 3. The molecule has 4 nitrogen and oxygen atoms in total. The highest BCUT2D eigenvalue weighted by Crippen LogP contribution is 2.34. The van der Waals surface area contributed by atoms with Crippen LogP contribution in [0.4, 0.5) is 5.95 Å². The van der Waals surface area contributed by atoms with Crippen molar-refractivity contribution in [3.05, 3.63) is 45.3 Å². The van der Waals surface area contributed by atoms with Crippen molar-refractivity contribution in [1.82, 2.24) is 10.2 Å². The van der Waals surface area contributed by atoms with Gasteiger partial charge < -0.3 is 12.4 Å². The lowest BCUT2D eigenvalue weighted by molar-refractivity contribution is -0.330. The Labute approximate surface area is 148 Å². The number of aromatic nitrogens is 3. The quantitative estimate of drug-likeness (QED) is 0.413. The molecule has 0 fully saturated rings. The minimum absolute atomic E-state index is 0. The van der Waals surface area contributed by atoms with Crippen LogP contribution in [0.15, 0.2) is 45.3 Å². The molecule has 0 bridgehead atoms. The number of nitrogens with one attached hydrogen (secondary N) is 1. The molecular weight excluding hydrogens is 431 g/mol. The lowest BCUT2D eigenvalue weighted by atomic mass is 10.00. The maximum Gasteiger partial charge on any atom is 0.410 e. The standard InChI is InChI=1S/C15H8Br2N4.ClH/c16-7-1-3-9-11(5-7)12-6-8(17)2-4-10(12)14-13(9)19-15(18)21-20-14;/h1-6H,(H2,18,19,21);1H. The van der Waals surface area contributed by atoms with Gasteiger partial charge in [0.2, 0.25) is 0 Å². The van der Waals surface area contributed by atoms with Crippen molar-refractivity contribution >= 4 is 70.4 Å². The number of nitrogens with two attached hydrogens (primary N) is 1. The summed E-state index contributed by atoms with van der Waals surface area (Å²) in [6.45, 7) is 0. The molecule has 3 aromatic carbocycles. The molecule has 0 amide bonds. The van der Waals surface area contributed by atoms with E-state index in [4.69, 9.17) is 5.73 Å². The van der Waals surface area contributed by atoms with Gasteiger partial charge in [-0.3, -0.25) is 5.73 Å². The van der Waals surface area contributed by atoms with Crippen LogP contribution in [0.25, 0.3) is 32.6 Å². The molecule has 4 rings (SSSR count). The topological polar surface area (TPSA) is 65.9 Å². The van der Waals surface area contributed by atoms with E-state index in [1.165, 1.54) is 0 Å². The largest absolute Gasteiger partial charge is 1.00 e. The van der Waals surface area contributed by atoms with E-state index in [-0.39, 0.29) is 12.4 Å². The molecule has 3 N–H and O–H groups in total. The Kier molecular flexibility index (Phi) is 3.92. The number of aromatic amines is 1. The van der Waals surface area contributed by atoms with Gasteiger partial charge in [0, 0.05) is 24.8 Å². The summed E-state index contributed by atoms with van der Waals surface area (Å²) in [6.07, 6.45) is 0. The first-order chi connectivity index (χ1) is 10.1. The van der Waals surface area contributed by atoms with Crippen LogP contribution in [0, 0.1) is 0 Å². The summed E-state index contributed by atoms with van der Waals surface area (Å²) in [5.74, 6) is 0.309. The SMILES string of the molecule is Nc1nnc2c3ccc(Br)cc3c3cc(Br)ccc3c2[nH+]1.[Cl-]. The predicted octanol–water partition coefficient (Wildman–Crippen LogP) is 0.862. The van der Waals surface area contributed by atoms with E-state index in [9.17, 15) is 0 Å². The zero-order valence-corrected chi connectivity index (χ0v) is 15.0. The summed E-state index contributed by atoms with van der Waals surface area (Å²) in [5, 5.41) is 12.6. The Morgan fingerprint density at radius 1 is 0.818 bits per heavy atom. The van der Waals surface area contributed by atoms with Crippen LogP contribution in [0.5, 0.6) is 0 Å². The number of H-pyrrole nitrogens is 1. The van der Waals surface area contributed by atoms with E-state index in [0.29, 0.717) is 5.95 Å². The molecule has 0 saturated carbocycles. The molecular formula is C15H9Br2ClN4. The first-order valence-corrected chi connectivity index (χ1v) is 7.88. The Hall–Kier alpha value is -1.50. The molecule has 1 heterocycles. The lowest BCUT2D eigenvalue weighted by Gasteiger charge is -2.08. The van der Waals surface area contributed by atoms with E-state index in [1.54, 1.807) is 0 Å². The highest BCUT2D eigenvalue weighted by atomic mass is 79.9. The Morgan fingerprint density at radius 2 is 1.41 bits per heavy atom. The summed E-state index contributed by atoms with van der Waals surface area (Å²) in [5.41, 5.74) is 7.49. The monoisotopic (exact) mass is 438 g/mol. The molecule has 0 radical (unpaired) electrons. The summed E-state index contributed by atoms with van der Waals surface area (Å²) in [4.78, 5) is 3.14. The number of nitrogen functional groups attached to an aromatic ring is 1. The molecule has 0 unspecified atom stereocenters. The normalized spacial score (nSPS) is 11.0. The van der Waals surface area contributed by atoms with Crippen LogP contribution >= 0.6 is 31.9 Å². The maximum atomic E-state index is 5.77. The smallest absolute Gasteiger partial charge is 0.410 e. The summed E-state index contributed by atoms with van der Waals surface area (Å²) in [6, 6.07) is 12.3. The average Bonchev–Trinajstić information content (AvgIpc) is 2.47. The van der Waals surface area contributed by atoms with E-state index in [1.807, 2.05) is 18.2 Å². The van der Waals surface area contributed by atoms with Crippen molar-refractivity contribution in [2.24, 2.45) is 0 Å². The average molecular weight is 441 g/mol. The maximum absolute atomic E-state index is 5.77. The minimum atomic E-state index is 0. The highest BCUT2D eigenvalue weighted by molar-refractivity contribution is 9.10. The number of hydrogen-bond acceptors (Lipinski definition) is 3. The van der Waals surface area contributed by atoms with E-state index in [0.717, 1.165) is 41.5 Å². The molecule has 110 valence electrons. The van der Waals surface area contributed by atoms with Crippen molar-refractivity contribution in [3.8, 4) is 0 Å². The van der Waals surface area contributed by atoms with E-state index < -0.39 is 0 Å². The summed E-state index contributed by atoms with van der Waals surface area (Å²) in [7, 11) is 0. The molecule has 0 atom stereocenters. The van der Waals surface area contributed by atoms with Crippen molar-refractivity contribution in [3.63, 3.8) is 0 Å². The van der Waals surface area contributed by atoms with E-state index in [2.05, 4.69) is 65.2 Å². The van der Waals surface area contributed by atoms with Crippen LogP contribution in [0.2, 0.25) is 0 Å². The van der Waals surface area contributed by atoms with Gasteiger partial charge in [0.25, 0.3) is 0 Å². The summed E-state index contributed by atoms with van der Waals surface area (Å²) >= 11 is 7.08. The fourth-order valence-electron chi connectivity index (χ4n) is 2.65. The number of anilines is 1. The Morgan fingerprint density at radius 3 is 2.09 bits per heavy atom. The third kappa shape index (κ3) is 2.31. The zero-order chi connectivity index (χ0) is 14.6. The number of hydrogen-bond donors (Lipinski definition) is 1. The molecule has 0 aliphatic carbocycles. The van der Waals surface area contributed by atoms with E-state index >= 15 is 0 Å². The first-order valence-electron chi connectivity index (χ1n) is 6.29. The molecule has 22 heavy (non-hydrogen) atoms. The fraction of sp³-hybridized carbons (Fsp3) is 0. The number of nitrogens with zero attached hydrogens (tertiary/aromatic N) is 2. The van der Waals surface area contributed by atoms with Crippen LogP contribution in [-0.2, 0) is 0 Å². The lowest BCUT2D eigenvalue weighted by Crippen LogP contribution is -3.00. The molecule has 0 aliphatic rings. The fourth-order valence-corrected chi connectivity index (χ4v) is 3.37. The van der Waals surface area contributed by atoms with Gasteiger partial charge in [-0.1, -0.05) is 43.0 Å². The van der Waals surface area contributed by atoms with Gasteiger partial charge in [-0.15, -0.1) is 0 Å². The Bertz CT molecular complexity index is 1040. The number of rotatable bonds is 0. The second-order valence-electron chi connectivity index (χ2n) is 4.81. The third-order valence-corrected chi connectivity index (χ3v) is 4.51. The van der Waals surface area contributed by atoms with Crippen LogP contribution in [0.3, 0.4) is 0 Å². The highest BCUT2D eigenvalue weighted by Gasteiger charge is 2.14. The van der Waals surface area contributed by atoms with Crippen LogP contribution in [0.1, 0.15) is 0 Å². The van der Waals surface area contributed by atoms with Gasteiger partial charge in [-0.2, -0.15) is 0 Å². The third-order valence-electron chi connectivity index (χ3n) is 3.53. The molecule has 0 saturated heterocycles. The first kappa shape index (κ1) is 15.4. The second kappa shape index (κ2) is 5.61. The molecule has 4 aromatic rings. The second-order valence-corrected chi connectivity index (χ2v) is 6.65. The number of benzene rings is 3. The van der Waals surface area contributed by atoms with Gasteiger partial charge >= 0.3 is 5.95 Å². The molecule has 0 spiro atoms. The predicted molar refractivity (Wildman–Crippen MR) is 90.9 cm³/mol. The van der Waals surface area contributed by atoms with Gasteiger partial charge in [-0.25, -0.2) is 4.98 Å². The van der Waals surface area contributed by atoms with Gasteiger partial charge in [0.15, 0.2) is 0 Å². The molecule has 0 aliphatic heterocycles. The van der Waals surface area contributed by atoms with Crippen LogP contribution < -0.4 is 23.1 Å². The van der Waals surface area contributed by atoms with Crippen molar-refractivity contribution in [1.29, 1.82) is 0 Å². The van der Waals surface area contributed by atoms with Crippen molar-refractivity contribution < 1.29 is 17.4 Å². The summed E-state index contributed by atoms with van der Waals surface area (Å²) < 4.78 is 2.06. The minimum Gasteiger partial charge on any atom is -1.00 e. The van der Waals surface area contributed by atoms with Gasteiger partial charge in [0.05, 0.1) is 0 Å². The van der Waals surface area contributed by atoms with Gasteiger partial charge in [-0.05, 0) is 41.1 Å². The number of fused-ring (bicyclic) bond motifs is 6. The van der Waals surface area contributed by atoms with Crippen molar-refractivity contribution in [2.75, 3.05) is 5.73 Å². The van der Waals surface area contributed by atoms with Gasteiger partial charge in [0.1, 0.15) is 11.0 Å². The van der Waals surface area contributed by atoms with Crippen LogP contribution in [-0.4, -0.2) is 10.2 Å².